The summed E-state index contributed by atoms with van der Waals surface area (Å²) in [5.74, 6) is -0.762. The fraction of sp³-hybridized carbons (Fsp3) is 0.300. The molecule has 0 heterocycles. The van der Waals surface area contributed by atoms with Gasteiger partial charge in [-0.15, -0.1) is 0 Å². The maximum absolute atomic E-state index is 10.5. The predicted octanol–water partition coefficient (Wildman–Crippen LogP) is -1.82. The van der Waals surface area contributed by atoms with Crippen molar-refractivity contribution in [3.05, 3.63) is 35.4 Å². The Labute approximate surface area is 100 Å². The topological polar surface area (TPSA) is 40.1 Å². The number of carbonyl (C=O) groups is 1. The molecule has 13 heavy (non-hydrogen) atoms. The molecule has 2 nitrogen and oxygen atoms in total. The SMILES string of the molecule is CC(C)c1cccc(C(=O)[O-])c1.[Na+]. The van der Waals surface area contributed by atoms with Crippen LogP contribution in [0, 0.1) is 0 Å². The molecule has 3 heteroatoms. The third kappa shape index (κ3) is 3.51. The van der Waals surface area contributed by atoms with Gasteiger partial charge in [0.05, 0.1) is 5.97 Å². The van der Waals surface area contributed by atoms with Crippen LogP contribution in [0.4, 0.5) is 0 Å². The van der Waals surface area contributed by atoms with Crippen LogP contribution in [0.3, 0.4) is 0 Å². The second-order valence-corrected chi connectivity index (χ2v) is 3.07. The Kier molecular flexibility index (Phi) is 5.30. The van der Waals surface area contributed by atoms with Crippen molar-refractivity contribution in [1.29, 1.82) is 0 Å². The van der Waals surface area contributed by atoms with Gasteiger partial charge in [0.15, 0.2) is 0 Å². The maximum Gasteiger partial charge on any atom is 1.00 e. The van der Waals surface area contributed by atoms with Crippen LogP contribution in [0.1, 0.15) is 35.7 Å². The van der Waals surface area contributed by atoms with E-state index in [9.17, 15) is 9.90 Å². The summed E-state index contributed by atoms with van der Waals surface area (Å²) in [6.45, 7) is 4.04. The Balaban J connectivity index is 0.00000144. The Hall–Kier alpha value is -0.310. The van der Waals surface area contributed by atoms with Crippen LogP contribution in [0.5, 0.6) is 0 Å². The van der Waals surface area contributed by atoms with Gasteiger partial charge >= 0.3 is 29.6 Å². The van der Waals surface area contributed by atoms with Gasteiger partial charge in [0.25, 0.3) is 0 Å². The van der Waals surface area contributed by atoms with Crippen molar-refractivity contribution in [2.45, 2.75) is 19.8 Å². The van der Waals surface area contributed by atoms with E-state index in [0.717, 1.165) is 5.56 Å². The van der Waals surface area contributed by atoms with E-state index < -0.39 is 5.97 Å². The minimum Gasteiger partial charge on any atom is -0.545 e. The molecule has 1 aromatic rings. The van der Waals surface area contributed by atoms with Crippen LogP contribution in [0.15, 0.2) is 24.3 Å². The standard InChI is InChI=1S/C10H12O2.Na/c1-7(2)8-4-3-5-9(6-8)10(11)12;/h3-7H,1-2H3,(H,11,12);/q;+1/p-1. The van der Waals surface area contributed by atoms with E-state index in [1.54, 1.807) is 18.2 Å². The van der Waals surface area contributed by atoms with Gasteiger partial charge in [-0.1, -0.05) is 32.0 Å². The molecule has 1 aromatic carbocycles. The van der Waals surface area contributed by atoms with Crippen molar-refractivity contribution < 1.29 is 39.5 Å². The summed E-state index contributed by atoms with van der Waals surface area (Å²) in [4.78, 5) is 10.5. The van der Waals surface area contributed by atoms with Crippen LogP contribution in [-0.4, -0.2) is 5.97 Å². The van der Waals surface area contributed by atoms with Crippen LogP contribution >= 0.6 is 0 Å². The number of carbonyl (C=O) groups excluding carboxylic acids is 1. The van der Waals surface area contributed by atoms with Crippen LogP contribution in [0.2, 0.25) is 0 Å². The molecule has 0 aliphatic carbocycles. The zero-order valence-electron chi connectivity index (χ0n) is 8.20. The first kappa shape index (κ1) is 12.7. The van der Waals surface area contributed by atoms with E-state index in [1.807, 2.05) is 19.9 Å². The van der Waals surface area contributed by atoms with E-state index in [2.05, 4.69) is 0 Å². The van der Waals surface area contributed by atoms with E-state index in [-0.39, 0.29) is 35.1 Å². The summed E-state index contributed by atoms with van der Waals surface area (Å²) in [6.07, 6.45) is 0. The summed E-state index contributed by atoms with van der Waals surface area (Å²) in [7, 11) is 0. The van der Waals surface area contributed by atoms with Gasteiger partial charge in [-0.3, -0.25) is 0 Å². The molecule has 0 aromatic heterocycles. The molecule has 0 amide bonds. The van der Waals surface area contributed by atoms with Gasteiger partial charge in [0.1, 0.15) is 0 Å². The first-order valence-corrected chi connectivity index (χ1v) is 3.92. The first-order valence-electron chi connectivity index (χ1n) is 3.92. The zero-order chi connectivity index (χ0) is 9.14. The molecule has 64 valence electrons. The molecule has 0 atom stereocenters. The molecule has 0 fully saturated rings. The Bertz CT molecular complexity index is 295. The molecule has 0 aliphatic rings. The van der Waals surface area contributed by atoms with Crippen molar-refractivity contribution in [3.8, 4) is 0 Å². The minimum atomic E-state index is -1.11. The summed E-state index contributed by atoms with van der Waals surface area (Å²) in [5.41, 5.74) is 1.28. The zero-order valence-corrected chi connectivity index (χ0v) is 10.2. The third-order valence-electron chi connectivity index (χ3n) is 1.79. The molecule has 0 bridgehead atoms. The van der Waals surface area contributed by atoms with Crippen molar-refractivity contribution in [2.24, 2.45) is 0 Å². The fourth-order valence-electron chi connectivity index (χ4n) is 1.02. The Morgan fingerprint density at radius 2 is 2.00 bits per heavy atom. The average molecular weight is 186 g/mol. The molecule has 0 unspecified atom stereocenters. The summed E-state index contributed by atoms with van der Waals surface area (Å²) >= 11 is 0. The molecule has 0 N–H and O–H groups in total. The average Bonchev–Trinajstić information content (AvgIpc) is 2.04. The predicted molar refractivity (Wildman–Crippen MR) is 44.9 cm³/mol. The van der Waals surface area contributed by atoms with Crippen molar-refractivity contribution in [1.82, 2.24) is 0 Å². The quantitative estimate of drug-likeness (QED) is 0.510. The van der Waals surface area contributed by atoms with Crippen molar-refractivity contribution >= 4 is 5.97 Å². The van der Waals surface area contributed by atoms with Gasteiger partial charge in [-0.25, -0.2) is 0 Å². The summed E-state index contributed by atoms with van der Waals surface area (Å²) in [6, 6.07) is 6.85. The Morgan fingerprint density at radius 3 is 2.46 bits per heavy atom. The van der Waals surface area contributed by atoms with E-state index in [0.29, 0.717) is 5.92 Å². The number of rotatable bonds is 2. The number of benzene rings is 1. The van der Waals surface area contributed by atoms with Crippen molar-refractivity contribution in [3.63, 3.8) is 0 Å². The number of hydrogen-bond donors (Lipinski definition) is 0. The largest absolute Gasteiger partial charge is 1.00 e. The second-order valence-electron chi connectivity index (χ2n) is 3.07. The van der Waals surface area contributed by atoms with Crippen LogP contribution in [0.25, 0.3) is 0 Å². The fourth-order valence-corrected chi connectivity index (χ4v) is 1.02. The molecular formula is C10H11NaO2. The summed E-state index contributed by atoms with van der Waals surface area (Å²) < 4.78 is 0. The van der Waals surface area contributed by atoms with Gasteiger partial charge in [0.2, 0.25) is 0 Å². The monoisotopic (exact) mass is 186 g/mol. The van der Waals surface area contributed by atoms with Gasteiger partial charge in [-0.05, 0) is 23.1 Å². The molecular weight excluding hydrogens is 175 g/mol. The van der Waals surface area contributed by atoms with E-state index >= 15 is 0 Å². The Morgan fingerprint density at radius 1 is 1.38 bits per heavy atom. The molecule has 0 spiro atoms. The minimum absolute atomic E-state index is 0. The van der Waals surface area contributed by atoms with Crippen LogP contribution in [-0.2, 0) is 0 Å². The molecule has 1 rings (SSSR count). The number of carboxylic acid groups (broad SMARTS) is 1. The summed E-state index contributed by atoms with van der Waals surface area (Å²) in [5, 5.41) is 10.5. The molecule has 0 saturated carbocycles. The van der Waals surface area contributed by atoms with Crippen LogP contribution < -0.4 is 34.7 Å². The molecule has 0 aliphatic heterocycles. The van der Waals surface area contributed by atoms with Gasteiger partial charge < -0.3 is 9.90 Å². The maximum atomic E-state index is 10.5. The normalized spacial score (nSPS) is 9.46. The second kappa shape index (κ2) is 5.43. The number of carboxylic acids is 1. The first-order chi connectivity index (χ1) is 5.61. The van der Waals surface area contributed by atoms with E-state index in [1.165, 1.54) is 0 Å². The van der Waals surface area contributed by atoms with Crippen molar-refractivity contribution in [2.75, 3.05) is 0 Å². The van der Waals surface area contributed by atoms with Gasteiger partial charge in [0, 0.05) is 0 Å². The smallest absolute Gasteiger partial charge is 0.545 e. The van der Waals surface area contributed by atoms with E-state index in [4.69, 9.17) is 0 Å². The third-order valence-corrected chi connectivity index (χ3v) is 1.79. The molecule has 0 radical (unpaired) electrons. The number of aromatic carboxylic acids is 1. The van der Waals surface area contributed by atoms with Gasteiger partial charge in [-0.2, -0.15) is 0 Å². The molecule has 0 saturated heterocycles. The number of hydrogen-bond acceptors (Lipinski definition) is 2.